The standard InChI is InChI=1S/C17H17ClFN/c1-11-2-4-12(5-3-11)17(13-6-7-13)20-16-10-14(18)8-9-15(16)19/h2-5,8-10,13,17,20H,6-7H2,1H3. The molecule has 0 radical (unpaired) electrons. The molecule has 3 rings (SSSR count). The number of anilines is 1. The lowest BCUT2D eigenvalue weighted by molar-refractivity contribution is 0.616. The Bertz CT molecular complexity index is 605. The maximum absolute atomic E-state index is 13.9. The molecule has 0 aromatic heterocycles. The molecule has 0 amide bonds. The summed E-state index contributed by atoms with van der Waals surface area (Å²) >= 11 is 5.96. The van der Waals surface area contributed by atoms with Crippen LogP contribution in [0.5, 0.6) is 0 Å². The fraction of sp³-hybridized carbons (Fsp3) is 0.294. The van der Waals surface area contributed by atoms with E-state index in [-0.39, 0.29) is 11.9 Å². The van der Waals surface area contributed by atoms with E-state index in [9.17, 15) is 4.39 Å². The first kappa shape index (κ1) is 13.4. The molecule has 2 aromatic rings. The number of rotatable bonds is 4. The average Bonchev–Trinajstić information content (AvgIpc) is 3.25. The van der Waals surface area contributed by atoms with Gasteiger partial charge in [0.2, 0.25) is 0 Å². The van der Waals surface area contributed by atoms with Crippen molar-refractivity contribution >= 4 is 17.3 Å². The summed E-state index contributed by atoms with van der Waals surface area (Å²) in [4.78, 5) is 0. The van der Waals surface area contributed by atoms with E-state index in [4.69, 9.17) is 11.6 Å². The van der Waals surface area contributed by atoms with E-state index in [2.05, 4.69) is 36.5 Å². The van der Waals surface area contributed by atoms with Crippen molar-refractivity contribution in [2.24, 2.45) is 5.92 Å². The molecule has 1 atom stereocenters. The van der Waals surface area contributed by atoms with Crippen LogP contribution in [0.3, 0.4) is 0 Å². The third-order valence-electron chi connectivity index (χ3n) is 3.77. The van der Waals surface area contributed by atoms with Gasteiger partial charge in [-0.25, -0.2) is 4.39 Å². The highest BCUT2D eigenvalue weighted by Gasteiger charge is 2.32. The largest absolute Gasteiger partial charge is 0.376 e. The van der Waals surface area contributed by atoms with Gasteiger partial charge in [-0.15, -0.1) is 0 Å². The number of hydrogen-bond acceptors (Lipinski definition) is 1. The van der Waals surface area contributed by atoms with Crippen LogP contribution in [-0.2, 0) is 0 Å². The predicted octanol–water partition coefficient (Wildman–Crippen LogP) is 5.35. The van der Waals surface area contributed by atoms with Crippen LogP contribution in [0, 0.1) is 18.7 Å². The second-order valence-electron chi connectivity index (χ2n) is 5.49. The molecule has 3 heteroatoms. The molecule has 2 aromatic carbocycles. The molecule has 1 saturated carbocycles. The van der Waals surface area contributed by atoms with Crippen molar-refractivity contribution in [1.82, 2.24) is 0 Å². The maximum Gasteiger partial charge on any atom is 0.146 e. The zero-order valence-corrected chi connectivity index (χ0v) is 12.1. The van der Waals surface area contributed by atoms with Crippen LogP contribution in [0.15, 0.2) is 42.5 Å². The SMILES string of the molecule is Cc1ccc(C(Nc2cc(Cl)ccc2F)C2CC2)cc1. The maximum atomic E-state index is 13.9. The van der Waals surface area contributed by atoms with Gasteiger partial charge < -0.3 is 5.32 Å². The van der Waals surface area contributed by atoms with E-state index < -0.39 is 0 Å². The highest BCUT2D eigenvalue weighted by atomic mass is 35.5. The lowest BCUT2D eigenvalue weighted by atomic mass is 10.0. The molecule has 1 N–H and O–H groups in total. The van der Waals surface area contributed by atoms with Gasteiger partial charge in [0.1, 0.15) is 5.82 Å². The fourth-order valence-corrected chi connectivity index (χ4v) is 2.62. The topological polar surface area (TPSA) is 12.0 Å². The van der Waals surface area contributed by atoms with Crippen molar-refractivity contribution < 1.29 is 4.39 Å². The molecule has 20 heavy (non-hydrogen) atoms. The van der Waals surface area contributed by atoms with Gasteiger partial charge in [-0.2, -0.15) is 0 Å². The monoisotopic (exact) mass is 289 g/mol. The Morgan fingerprint density at radius 2 is 1.85 bits per heavy atom. The lowest BCUT2D eigenvalue weighted by Crippen LogP contribution is -2.13. The molecule has 1 nitrogen and oxygen atoms in total. The van der Waals surface area contributed by atoms with E-state index >= 15 is 0 Å². The van der Waals surface area contributed by atoms with E-state index in [1.165, 1.54) is 30.0 Å². The van der Waals surface area contributed by atoms with Crippen molar-refractivity contribution in [2.75, 3.05) is 5.32 Å². The predicted molar refractivity (Wildman–Crippen MR) is 81.7 cm³/mol. The van der Waals surface area contributed by atoms with E-state index in [1.807, 2.05) is 0 Å². The van der Waals surface area contributed by atoms with Crippen LogP contribution >= 0.6 is 11.6 Å². The molecule has 1 aliphatic carbocycles. The smallest absolute Gasteiger partial charge is 0.146 e. The van der Waals surface area contributed by atoms with E-state index in [0.29, 0.717) is 16.6 Å². The Kier molecular flexibility index (Phi) is 3.66. The first-order chi connectivity index (χ1) is 9.63. The third-order valence-corrected chi connectivity index (χ3v) is 4.00. The Morgan fingerprint density at radius 1 is 1.15 bits per heavy atom. The highest BCUT2D eigenvalue weighted by molar-refractivity contribution is 6.30. The summed E-state index contributed by atoms with van der Waals surface area (Å²) in [6.45, 7) is 2.07. The van der Waals surface area contributed by atoms with Gasteiger partial charge in [0.05, 0.1) is 11.7 Å². The van der Waals surface area contributed by atoms with Gasteiger partial charge in [0, 0.05) is 5.02 Å². The van der Waals surface area contributed by atoms with Crippen LogP contribution in [0.1, 0.15) is 30.0 Å². The molecule has 0 saturated heterocycles. The van der Waals surface area contributed by atoms with Crippen molar-refractivity contribution in [1.29, 1.82) is 0 Å². The second-order valence-corrected chi connectivity index (χ2v) is 5.93. The summed E-state index contributed by atoms with van der Waals surface area (Å²) in [5.74, 6) is 0.322. The van der Waals surface area contributed by atoms with Crippen molar-refractivity contribution in [2.45, 2.75) is 25.8 Å². The van der Waals surface area contributed by atoms with Gasteiger partial charge >= 0.3 is 0 Å². The first-order valence-corrected chi connectivity index (χ1v) is 7.29. The summed E-state index contributed by atoms with van der Waals surface area (Å²) in [6.07, 6.45) is 2.38. The van der Waals surface area contributed by atoms with Crippen LogP contribution in [0.4, 0.5) is 10.1 Å². The number of benzene rings is 2. The highest BCUT2D eigenvalue weighted by Crippen LogP contribution is 2.43. The molecular weight excluding hydrogens is 273 g/mol. The Balaban J connectivity index is 1.88. The van der Waals surface area contributed by atoms with Crippen LogP contribution in [-0.4, -0.2) is 0 Å². The Morgan fingerprint density at radius 3 is 2.50 bits per heavy atom. The molecular formula is C17H17ClFN. The Labute approximate surface area is 123 Å². The minimum atomic E-state index is -0.257. The van der Waals surface area contributed by atoms with Crippen LogP contribution in [0.25, 0.3) is 0 Å². The van der Waals surface area contributed by atoms with Gasteiger partial charge in [0.25, 0.3) is 0 Å². The van der Waals surface area contributed by atoms with Crippen LogP contribution in [0.2, 0.25) is 5.02 Å². The summed E-state index contributed by atoms with van der Waals surface area (Å²) in [5, 5.41) is 3.87. The second kappa shape index (κ2) is 5.45. The number of aryl methyl sites for hydroxylation is 1. The van der Waals surface area contributed by atoms with E-state index in [0.717, 1.165) is 0 Å². The quantitative estimate of drug-likeness (QED) is 0.800. The summed E-state index contributed by atoms with van der Waals surface area (Å²) < 4.78 is 13.9. The first-order valence-electron chi connectivity index (χ1n) is 6.91. The minimum absolute atomic E-state index is 0.156. The summed E-state index contributed by atoms with van der Waals surface area (Å²) in [7, 11) is 0. The number of halogens is 2. The van der Waals surface area contributed by atoms with Crippen molar-refractivity contribution in [3.63, 3.8) is 0 Å². The molecule has 0 bridgehead atoms. The van der Waals surface area contributed by atoms with Gasteiger partial charge in [-0.05, 0) is 49.4 Å². The zero-order chi connectivity index (χ0) is 14.1. The van der Waals surface area contributed by atoms with Crippen LogP contribution < -0.4 is 5.32 Å². The minimum Gasteiger partial charge on any atom is -0.376 e. The molecule has 0 heterocycles. The van der Waals surface area contributed by atoms with E-state index in [1.54, 1.807) is 12.1 Å². The zero-order valence-electron chi connectivity index (χ0n) is 11.4. The Hall–Kier alpha value is -1.54. The average molecular weight is 290 g/mol. The van der Waals surface area contributed by atoms with Crippen molar-refractivity contribution in [3.8, 4) is 0 Å². The third kappa shape index (κ3) is 2.96. The van der Waals surface area contributed by atoms with Gasteiger partial charge in [-0.1, -0.05) is 41.4 Å². The normalized spacial score (nSPS) is 15.9. The molecule has 1 unspecified atom stereocenters. The summed E-state index contributed by atoms with van der Waals surface area (Å²) in [5.41, 5.74) is 2.92. The summed E-state index contributed by atoms with van der Waals surface area (Å²) in [6, 6.07) is 13.2. The lowest BCUT2D eigenvalue weighted by Gasteiger charge is -2.21. The molecule has 1 fully saturated rings. The van der Waals surface area contributed by atoms with Crippen molar-refractivity contribution in [3.05, 3.63) is 64.4 Å². The molecule has 1 aliphatic rings. The molecule has 0 aliphatic heterocycles. The number of hydrogen-bond donors (Lipinski definition) is 1. The molecule has 0 spiro atoms. The van der Waals surface area contributed by atoms with Gasteiger partial charge in [0.15, 0.2) is 0 Å². The fourth-order valence-electron chi connectivity index (χ4n) is 2.45. The number of nitrogens with one attached hydrogen (secondary N) is 1. The molecule has 104 valence electrons. The van der Waals surface area contributed by atoms with Gasteiger partial charge in [-0.3, -0.25) is 0 Å².